The van der Waals surface area contributed by atoms with Gasteiger partial charge in [0, 0.05) is 27.7 Å². The molecule has 0 aromatic heterocycles. The highest BCUT2D eigenvalue weighted by molar-refractivity contribution is 7.92. The number of nitrogens with zero attached hydrogens (tertiary/aromatic N) is 2. The molecule has 3 rings (SSSR count). The van der Waals surface area contributed by atoms with E-state index in [1.54, 1.807) is 55.5 Å². The number of carbonyl (C=O) groups excluding carboxylic acids is 2. The zero-order valence-corrected chi connectivity index (χ0v) is 25.6. The molecule has 3 aromatic rings. The summed E-state index contributed by atoms with van der Waals surface area (Å²) in [6, 6.07) is 19.0. The van der Waals surface area contributed by atoms with Gasteiger partial charge in [-0.3, -0.25) is 13.9 Å². The maximum atomic E-state index is 14.1. The molecule has 0 bridgehead atoms. The van der Waals surface area contributed by atoms with Crippen LogP contribution in [-0.2, 0) is 32.6 Å². The quantitative estimate of drug-likeness (QED) is 0.304. The third-order valence-electron chi connectivity index (χ3n) is 6.31. The number of rotatable bonds is 10. The number of para-hydroxylation sites is 1. The van der Waals surface area contributed by atoms with Crippen LogP contribution in [0.3, 0.4) is 0 Å². The minimum Gasteiger partial charge on any atom is -0.350 e. The third-order valence-corrected chi connectivity index (χ3v) is 8.79. The maximum Gasteiger partial charge on any atom is 0.264 e. The summed E-state index contributed by atoms with van der Waals surface area (Å²) in [5.41, 5.74) is 1.06. The molecule has 0 aliphatic heterocycles. The normalized spacial score (nSPS) is 12.5. The van der Waals surface area contributed by atoms with Gasteiger partial charge in [-0.2, -0.15) is 0 Å². The molecule has 40 heavy (non-hydrogen) atoms. The Labute approximate surface area is 247 Å². The molecule has 0 aliphatic carbocycles. The van der Waals surface area contributed by atoms with E-state index in [1.165, 1.54) is 17.0 Å². The maximum absolute atomic E-state index is 14.1. The highest BCUT2D eigenvalue weighted by Crippen LogP contribution is 2.30. The Kier molecular flexibility index (Phi) is 10.3. The van der Waals surface area contributed by atoms with Gasteiger partial charge in [0.1, 0.15) is 12.6 Å². The van der Waals surface area contributed by atoms with Crippen LogP contribution in [0.5, 0.6) is 0 Å². The first kappa shape index (κ1) is 31.5. The van der Waals surface area contributed by atoms with Gasteiger partial charge in [0.2, 0.25) is 11.8 Å². The van der Waals surface area contributed by atoms with Crippen molar-refractivity contribution < 1.29 is 18.0 Å². The van der Waals surface area contributed by atoms with Crippen LogP contribution in [0.4, 0.5) is 5.69 Å². The number of anilines is 1. The SMILES string of the molecule is CCc1ccccc1N(CC(=O)N(Cc1c(Cl)cccc1Cl)C(C)C(=O)NC(C)(C)C)S(=O)(=O)c1ccccc1. The molecule has 0 saturated carbocycles. The van der Waals surface area contributed by atoms with E-state index in [0.717, 1.165) is 9.87 Å². The van der Waals surface area contributed by atoms with Crippen LogP contribution in [0.2, 0.25) is 10.0 Å². The number of aryl methyl sites for hydroxylation is 1. The van der Waals surface area contributed by atoms with Crippen LogP contribution in [0.25, 0.3) is 0 Å². The van der Waals surface area contributed by atoms with E-state index in [-0.39, 0.29) is 11.4 Å². The van der Waals surface area contributed by atoms with E-state index < -0.39 is 40.0 Å². The van der Waals surface area contributed by atoms with Crippen LogP contribution < -0.4 is 9.62 Å². The van der Waals surface area contributed by atoms with Gasteiger partial charge in [-0.05, 0) is 70.0 Å². The van der Waals surface area contributed by atoms with Gasteiger partial charge in [0.15, 0.2) is 0 Å². The summed E-state index contributed by atoms with van der Waals surface area (Å²) in [7, 11) is -4.15. The summed E-state index contributed by atoms with van der Waals surface area (Å²) < 4.78 is 29.0. The molecule has 0 saturated heterocycles. The van der Waals surface area contributed by atoms with E-state index in [0.29, 0.717) is 27.7 Å². The molecule has 3 aromatic carbocycles. The Morgan fingerprint density at radius 1 is 0.900 bits per heavy atom. The Morgan fingerprint density at radius 3 is 2.05 bits per heavy atom. The first-order valence-electron chi connectivity index (χ1n) is 13.0. The lowest BCUT2D eigenvalue weighted by Crippen LogP contribution is -2.54. The molecule has 0 radical (unpaired) electrons. The standard InChI is InChI=1S/C30H35Cl2N3O4S/c1-6-22-13-10-11-18-27(22)35(40(38,39)23-14-8-7-9-15-23)20-28(36)34(21(2)29(37)33-30(3,4)5)19-24-25(31)16-12-17-26(24)32/h7-18,21H,6,19-20H2,1-5H3,(H,33,37). The summed E-state index contributed by atoms with van der Waals surface area (Å²) in [6.45, 7) is 8.40. The second kappa shape index (κ2) is 13.1. The lowest BCUT2D eigenvalue weighted by molar-refractivity contribution is -0.140. The summed E-state index contributed by atoms with van der Waals surface area (Å²) in [6.07, 6.45) is 0.550. The molecule has 0 heterocycles. The number of benzene rings is 3. The Balaban J connectivity index is 2.10. The van der Waals surface area contributed by atoms with Crippen LogP contribution in [-0.4, -0.2) is 43.3 Å². The lowest BCUT2D eigenvalue weighted by atomic mass is 10.1. The molecule has 1 atom stereocenters. The number of sulfonamides is 1. The van der Waals surface area contributed by atoms with Crippen LogP contribution in [0.15, 0.2) is 77.7 Å². The molecule has 0 fully saturated rings. The predicted octanol–water partition coefficient (Wildman–Crippen LogP) is 6.08. The van der Waals surface area contributed by atoms with Gasteiger partial charge in [-0.25, -0.2) is 8.42 Å². The Morgan fingerprint density at radius 2 is 1.48 bits per heavy atom. The van der Waals surface area contributed by atoms with Crippen molar-refractivity contribution in [1.82, 2.24) is 10.2 Å². The van der Waals surface area contributed by atoms with Crippen molar-refractivity contribution in [2.45, 2.75) is 64.1 Å². The average molecular weight is 605 g/mol. The summed E-state index contributed by atoms with van der Waals surface area (Å²) in [5, 5.41) is 3.56. The first-order chi connectivity index (χ1) is 18.8. The highest BCUT2D eigenvalue weighted by atomic mass is 35.5. The van der Waals surface area contributed by atoms with Crippen molar-refractivity contribution in [2.24, 2.45) is 0 Å². The van der Waals surface area contributed by atoms with Gasteiger partial charge < -0.3 is 10.2 Å². The van der Waals surface area contributed by atoms with E-state index in [1.807, 2.05) is 39.8 Å². The number of hydrogen-bond acceptors (Lipinski definition) is 4. The van der Waals surface area contributed by atoms with E-state index >= 15 is 0 Å². The van der Waals surface area contributed by atoms with Crippen molar-refractivity contribution in [3.63, 3.8) is 0 Å². The second-order valence-electron chi connectivity index (χ2n) is 10.4. The Bertz CT molecular complexity index is 1440. The van der Waals surface area contributed by atoms with E-state index in [9.17, 15) is 18.0 Å². The number of halogens is 2. The number of nitrogens with one attached hydrogen (secondary N) is 1. The predicted molar refractivity (Wildman–Crippen MR) is 161 cm³/mol. The molecular formula is C30H35Cl2N3O4S. The van der Waals surface area contributed by atoms with Crippen molar-refractivity contribution in [1.29, 1.82) is 0 Å². The molecule has 1 N–H and O–H groups in total. The number of amides is 2. The summed E-state index contributed by atoms with van der Waals surface area (Å²) >= 11 is 12.9. The topological polar surface area (TPSA) is 86.8 Å². The van der Waals surface area contributed by atoms with Gasteiger partial charge in [0.05, 0.1) is 10.6 Å². The molecule has 0 aliphatic rings. The zero-order valence-electron chi connectivity index (χ0n) is 23.3. The fourth-order valence-electron chi connectivity index (χ4n) is 4.20. The highest BCUT2D eigenvalue weighted by Gasteiger charge is 2.34. The molecule has 2 amide bonds. The smallest absolute Gasteiger partial charge is 0.264 e. The van der Waals surface area contributed by atoms with Crippen molar-refractivity contribution >= 4 is 50.7 Å². The van der Waals surface area contributed by atoms with Gasteiger partial charge in [-0.1, -0.05) is 72.6 Å². The molecule has 214 valence electrons. The summed E-state index contributed by atoms with van der Waals surface area (Å²) in [4.78, 5) is 28.7. The minimum atomic E-state index is -4.15. The second-order valence-corrected chi connectivity index (χ2v) is 13.1. The molecular weight excluding hydrogens is 569 g/mol. The average Bonchev–Trinajstić information content (AvgIpc) is 2.90. The fourth-order valence-corrected chi connectivity index (χ4v) is 6.19. The monoisotopic (exact) mass is 603 g/mol. The zero-order chi connectivity index (χ0) is 29.7. The van der Waals surface area contributed by atoms with Gasteiger partial charge in [0.25, 0.3) is 10.0 Å². The molecule has 1 unspecified atom stereocenters. The molecule has 0 spiro atoms. The number of carbonyl (C=O) groups is 2. The largest absolute Gasteiger partial charge is 0.350 e. The molecule has 10 heteroatoms. The number of hydrogen-bond donors (Lipinski definition) is 1. The first-order valence-corrected chi connectivity index (χ1v) is 15.2. The minimum absolute atomic E-state index is 0.0490. The van der Waals surface area contributed by atoms with Crippen molar-refractivity contribution in [2.75, 3.05) is 10.8 Å². The Hall–Kier alpha value is -3.07. The summed E-state index contributed by atoms with van der Waals surface area (Å²) in [5.74, 6) is -0.978. The van der Waals surface area contributed by atoms with Gasteiger partial charge >= 0.3 is 0 Å². The van der Waals surface area contributed by atoms with Crippen molar-refractivity contribution in [3.05, 3.63) is 94.0 Å². The third kappa shape index (κ3) is 7.56. The van der Waals surface area contributed by atoms with Crippen LogP contribution >= 0.6 is 23.2 Å². The van der Waals surface area contributed by atoms with Crippen LogP contribution in [0.1, 0.15) is 45.7 Å². The van der Waals surface area contributed by atoms with Gasteiger partial charge in [-0.15, -0.1) is 0 Å². The fraction of sp³-hybridized carbons (Fsp3) is 0.333. The lowest BCUT2D eigenvalue weighted by Gasteiger charge is -2.34. The molecule has 7 nitrogen and oxygen atoms in total. The van der Waals surface area contributed by atoms with Crippen LogP contribution in [0, 0.1) is 0 Å². The van der Waals surface area contributed by atoms with E-state index in [2.05, 4.69) is 5.32 Å². The van der Waals surface area contributed by atoms with E-state index in [4.69, 9.17) is 23.2 Å². The van der Waals surface area contributed by atoms with Crippen molar-refractivity contribution in [3.8, 4) is 0 Å².